The number of hydrazone groups is 1. The SMILES string of the molecule is CC1N=C(C2Cc3ccccc3CN2)NC2=C1SC(C1C=NNC1C)C2. The van der Waals surface area contributed by atoms with Crippen LogP contribution < -0.4 is 16.1 Å². The van der Waals surface area contributed by atoms with Gasteiger partial charge >= 0.3 is 0 Å². The van der Waals surface area contributed by atoms with Gasteiger partial charge in [0.2, 0.25) is 0 Å². The molecular formula is C20H25N5S. The van der Waals surface area contributed by atoms with Crippen molar-refractivity contribution < 1.29 is 0 Å². The first-order chi connectivity index (χ1) is 12.7. The molecule has 1 aromatic carbocycles. The molecule has 136 valence electrons. The highest BCUT2D eigenvalue weighted by atomic mass is 32.2. The van der Waals surface area contributed by atoms with Gasteiger partial charge in [0.25, 0.3) is 0 Å². The van der Waals surface area contributed by atoms with Crippen LogP contribution in [0.4, 0.5) is 0 Å². The van der Waals surface area contributed by atoms with Gasteiger partial charge in [-0.3, -0.25) is 4.99 Å². The van der Waals surface area contributed by atoms with Crippen LogP contribution in [0.15, 0.2) is 45.0 Å². The van der Waals surface area contributed by atoms with E-state index in [1.165, 1.54) is 21.7 Å². The van der Waals surface area contributed by atoms with Crippen molar-refractivity contribution in [2.45, 2.75) is 56.6 Å². The number of nitrogens with one attached hydrogen (secondary N) is 3. The molecule has 0 aliphatic carbocycles. The third kappa shape index (κ3) is 2.76. The quantitative estimate of drug-likeness (QED) is 0.751. The highest BCUT2D eigenvalue weighted by Gasteiger charge is 2.39. The summed E-state index contributed by atoms with van der Waals surface area (Å²) in [6.45, 7) is 5.37. The average molecular weight is 368 g/mol. The molecule has 4 heterocycles. The van der Waals surface area contributed by atoms with Gasteiger partial charge in [-0.25, -0.2) is 0 Å². The van der Waals surface area contributed by atoms with E-state index in [2.05, 4.69) is 65.5 Å². The summed E-state index contributed by atoms with van der Waals surface area (Å²) in [6.07, 6.45) is 4.17. The largest absolute Gasteiger partial charge is 0.345 e. The van der Waals surface area contributed by atoms with Crippen LogP contribution in [0.2, 0.25) is 0 Å². The maximum Gasteiger partial charge on any atom is 0.119 e. The fourth-order valence-corrected chi connectivity index (χ4v) is 5.98. The molecule has 5 atom stereocenters. The number of hydrogen-bond acceptors (Lipinski definition) is 6. The number of allylic oxidation sites excluding steroid dienone is 1. The van der Waals surface area contributed by atoms with Crippen molar-refractivity contribution in [2.24, 2.45) is 16.0 Å². The standard InChI is InChI=1S/C20H25N5S/c1-11-15(10-22-25-11)18-8-16-19(26-18)12(2)23-20(24-16)17-7-13-5-3-4-6-14(13)9-21-17/h3-6,10-12,15,17-18,21,25H,7-9H2,1-2H3,(H,23,24). The zero-order valence-electron chi connectivity index (χ0n) is 15.2. The molecule has 4 aliphatic heterocycles. The Labute approximate surface area is 158 Å². The summed E-state index contributed by atoms with van der Waals surface area (Å²) in [6, 6.07) is 9.66. The Morgan fingerprint density at radius 1 is 1.12 bits per heavy atom. The lowest BCUT2D eigenvalue weighted by molar-refractivity contribution is 0.497. The monoisotopic (exact) mass is 367 g/mol. The molecular weight excluding hydrogens is 342 g/mol. The second-order valence-electron chi connectivity index (χ2n) is 7.70. The van der Waals surface area contributed by atoms with Gasteiger partial charge in [-0.1, -0.05) is 24.3 Å². The van der Waals surface area contributed by atoms with Crippen LogP contribution in [0.1, 0.15) is 31.4 Å². The fraction of sp³-hybridized carbons (Fsp3) is 0.500. The molecule has 3 N–H and O–H groups in total. The van der Waals surface area contributed by atoms with Crippen LogP contribution in [0, 0.1) is 5.92 Å². The van der Waals surface area contributed by atoms with Crippen molar-refractivity contribution in [1.29, 1.82) is 0 Å². The van der Waals surface area contributed by atoms with Gasteiger partial charge in [0.05, 0.1) is 18.1 Å². The minimum absolute atomic E-state index is 0.247. The van der Waals surface area contributed by atoms with Crippen LogP contribution in [0.3, 0.4) is 0 Å². The highest BCUT2D eigenvalue weighted by Crippen LogP contribution is 2.45. The Hall–Kier alpha value is -1.79. The molecule has 0 bridgehead atoms. The molecule has 6 heteroatoms. The molecule has 0 fully saturated rings. The van der Waals surface area contributed by atoms with E-state index in [0.717, 1.165) is 25.2 Å². The van der Waals surface area contributed by atoms with E-state index in [1.54, 1.807) is 0 Å². The van der Waals surface area contributed by atoms with Crippen molar-refractivity contribution in [3.05, 3.63) is 46.0 Å². The number of rotatable bonds is 2. The maximum atomic E-state index is 5.02. The van der Waals surface area contributed by atoms with Crippen LogP contribution in [0.25, 0.3) is 0 Å². The first kappa shape index (κ1) is 16.4. The molecule has 0 spiro atoms. The van der Waals surface area contributed by atoms with Gasteiger partial charge in [-0.15, -0.1) is 11.8 Å². The summed E-state index contributed by atoms with van der Waals surface area (Å²) >= 11 is 2.00. The Balaban J connectivity index is 1.31. The van der Waals surface area contributed by atoms with E-state index in [1.807, 2.05) is 11.8 Å². The Morgan fingerprint density at radius 2 is 1.96 bits per heavy atom. The molecule has 0 saturated heterocycles. The van der Waals surface area contributed by atoms with E-state index in [-0.39, 0.29) is 12.1 Å². The van der Waals surface area contributed by atoms with Gasteiger partial charge in [-0.2, -0.15) is 5.10 Å². The van der Waals surface area contributed by atoms with Crippen molar-refractivity contribution in [1.82, 2.24) is 16.1 Å². The van der Waals surface area contributed by atoms with Gasteiger partial charge in [0.1, 0.15) is 5.84 Å². The Morgan fingerprint density at radius 3 is 2.77 bits per heavy atom. The zero-order chi connectivity index (χ0) is 17.7. The van der Waals surface area contributed by atoms with Crippen LogP contribution >= 0.6 is 11.8 Å². The number of fused-ring (bicyclic) bond motifs is 1. The van der Waals surface area contributed by atoms with Crippen molar-refractivity contribution in [3.8, 4) is 0 Å². The summed E-state index contributed by atoms with van der Waals surface area (Å²) in [5, 5.41) is 12.2. The Bertz CT molecular complexity index is 814. The molecule has 0 saturated carbocycles. The summed E-state index contributed by atoms with van der Waals surface area (Å²) in [5.74, 6) is 1.60. The Kier molecular flexibility index (Phi) is 4.05. The smallest absolute Gasteiger partial charge is 0.119 e. The molecule has 1 aromatic rings. The summed E-state index contributed by atoms with van der Waals surface area (Å²) in [4.78, 5) is 6.44. The normalized spacial score (nSPS) is 35.5. The fourth-order valence-electron chi connectivity index (χ4n) is 4.41. The number of aliphatic imine (C=N–C) groups is 1. The molecule has 0 radical (unpaired) electrons. The minimum Gasteiger partial charge on any atom is -0.345 e. The first-order valence-electron chi connectivity index (χ1n) is 9.52. The number of benzene rings is 1. The zero-order valence-corrected chi connectivity index (χ0v) is 16.0. The second-order valence-corrected chi connectivity index (χ2v) is 8.98. The molecule has 5 nitrogen and oxygen atoms in total. The van der Waals surface area contributed by atoms with Crippen LogP contribution in [-0.2, 0) is 13.0 Å². The molecule has 0 aromatic heterocycles. The van der Waals surface area contributed by atoms with Crippen molar-refractivity contribution in [2.75, 3.05) is 0 Å². The summed E-state index contributed by atoms with van der Waals surface area (Å²) < 4.78 is 0. The van der Waals surface area contributed by atoms with Crippen LogP contribution in [0.5, 0.6) is 0 Å². The van der Waals surface area contributed by atoms with E-state index < -0.39 is 0 Å². The van der Waals surface area contributed by atoms with Gasteiger partial charge in [-0.05, 0) is 31.4 Å². The van der Waals surface area contributed by atoms with Gasteiger partial charge in [0.15, 0.2) is 0 Å². The molecule has 26 heavy (non-hydrogen) atoms. The maximum absolute atomic E-state index is 5.02. The molecule has 4 aliphatic rings. The highest BCUT2D eigenvalue weighted by molar-refractivity contribution is 8.04. The average Bonchev–Trinajstić information content (AvgIpc) is 3.27. The summed E-state index contributed by atoms with van der Waals surface area (Å²) in [5.41, 5.74) is 7.42. The third-order valence-electron chi connectivity index (χ3n) is 5.92. The lowest BCUT2D eigenvalue weighted by atomic mass is 9.94. The number of amidine groups is 1. The second kappa shape index (κ2) is 6.43. The molecule has 0 amide bonds. The van der Waals surface area contributed by atoms with Crippen LogP contribution in [-0.4, -0.2) is 35.4 Å². The minimum atomic E-state index is 0.247. The van der Waals surface area contributed by atoms with Gasteiger partial charge in [0, 0.05) is 41.0 Å². The van der Waals surface area contributed by atoms with E-state index in [4.69, 9.17) is 4.99 Å². The lowest BCUT2D eigenvalue weighted by Crippen LogP contribution is -2.49. The van der Waals surface area contributed by atoms with E-state index >= 15 is 0 Å². The number of thioether (sulfide) groups is 1. The predicted molar refractivity (Wildman–Crippen MR) is 108 cm³/mol. The van der Waals surface area contributed by atoms with Gasteiger partial charge < -0.3 is 16.1 Å². The topological polar surface area (TPSA) is 60.8 Å². The number of hydrogen-bond donors (Lipinski definition) is 3. The third-order valence-corrected chi connectivity index (χ3v) is 7.54. The molecule has 5 unspecified atom stereocenters. The van der Waals surface area contributed by atoms with E-state index in [0.29, 0.717) is 17.2 Å². The van der Waals surface area contributed by atoms with Crippen molar-refractivity contribution in [3.63, 3.8) is 0 Å². The summed E-state index contributed by atoms with van der Waals surface area (Å²) in [7, 11) is 0. The van der Waals surface area contributed by atoms with E-state index in [9.17, 15) is 0 Å². The van der Waals surface area contributed by atoms with Crippen molar-refractivity contribution >= 4 is 23.8 Å². The predicted octanol–water partition coefficient (Wildman–Crippen LogP) is 2.40. The lowest BCUT2D eigenvalue weighted by Gasteiger charge is -2.31. The molecule has 5 rings (SSSR count). The first-order valence-corrected chi connectivity index (χ1v) is 10.4. The number of nitrogens with zero attached hydrogens (tertiary/aromatic N) is 2.